The molecular formula is C16H25N3. The minimum atomic E-state index is 0.300. The average molecular weight is 259 g/mol. The van der Waals surface area contributed by atoms with Crippen molar-refractivity contribution in [3.05, 3.63) is 18.2 Å². The maximum Gasteiger partial charge on any atom is 0.0948 e. The Morgan fingerprint density at radius 3 is 3.05 bits per heavy atom. The number of hydrogen-bond donors (Lipinski definition) is 1. The zero-order valence-electron chi connectivity index (χ0n) is 11.9. The van der Waals surface area contributed by atoms with Crippen LogP contribution in [0.3, 0.4) is 0 Å². The van der Waals surface area contributed by atoms with E-state index in [9.17, 15) is 0 Å². The highest BCUT2D eigenvalue weighted by Crippen LogP contribution is 2.49. The summed E-state index contributed by atoms with van der Waals surface area (Å²) >= 11 is 0. The van der Waals surface area contributed by atoms with Gasteiger partial charge in [-0.2, -0.15) is 0 Å². The summed E-state index contributed by atoms with van der Waals surface area (Å²) in [6.07, 6.45) is 11.4. The van der Waals surface area contributed by atoms with Crippen molar-refractivity contribution in [3.63, 3.8) is 0 Å². The van der Waals surface area contributed by atoms with E-state index >= 15 is 0 Å². The third-order valence-corrected chi connectivity index (χ3v) is 6.02. The van der Waals surface area contributed by atoms with Crippen molar-refractivity contribution in [2.75, 3.05) is 13.1 Å². The first-order chi connectivity index (χ1) is 9.24. The second kappa shape index (κ2) is 4.34. The Hall–Kier alpha value is -0.830. The van der Waals surface area contributed by atoms with Gasteiger partial charge in [-0.1, -0.05) is 13.3 Å². The van der Waals surface area contributed by atoms with Crippen molar-refractivity contribution in [2.24, 2.45) is 17.8 Å². The summed E-state index contributed by atoms with van der Waals surface area (Å²) in [5.41, 5.74) is 1.76. The molecule has 2 bridgehead atoms. The molecule has 104 valence electrons. The van der Waals surface area contributed by atoms with Gasteiger partial charge in [0.2, 0.25) is 0 Å². The van der Waals surface area contributed by atoms with Gasteiger partial charge in [-0.25, -0.2) is 4.98 Å². The Morgan fingerprint density at radius 2 is 2.37 bits per heavy atom. The molecule has 2 saturated carbocycles. The minimum Gasteiger partial charge on any atom is -0.334 e. The first-order valence-corrected chi connectivity index (χ1v) is 7.96. The van der Waals surface area contributed by atoms with Crippen molar-refractivity contribution in [1.82, 2.24) is 14.9 Å². The zero-order valence-corrected chi connectivity index (χ0v) is 11.9. The molecule has 0 amide bonds. The molecule has 1 N–H and O–H groups in total. The minimum absolute atomic E-state index is 0.300. The Morgan fingerprint density at radius 1 is 1.42 bits per heavy atom. The molecular weight excluding hydrogens is 234 g/mol. The van der Waals surface area contributed by atoms with E-state index in [2.05, 4.69) is 34.3 Å². The molecule has 4 unspecified atom stereocenters. The number of imidazole rings is 1. The average Bonchev–Trinajstić information content (AvgIpc) is 3.11. The molecule has 0 spiro atoms. The number of rotatable bonds is 3. The molecule has 4 atom stereocenters. The van der Waals surface area contributed by atoms with Gasteiger partial charge >= 0.3 is 0 Å². The molecule has 1 saturated heterocycles. The SMILES string of the molecule is CC1(c2cncn2CC2CC3CCC2C3)CCNC1. The van der Waals surface area contributed by atoms with Gasteiger partial charge in [-0.3, -0.25) is 0 Å². The van der Waals surface area contributed by atoms with Crippen molar-refractivity contribution in [3.8, 4) is 0 Å². The summed E-state index contributed by atoms with van der Waals surface area (Å²) < 4.78 is 2.47. The van der Waals surface area contributed by atoms with Gasteiger partial charge in [0.15, 0.2) is 0 Å². The Balaban J connectivity index is 1.54. The molecule has 4 rings (SSSR count). The number of fused-ring (bicyclic) bond motifs is 2. The largest absolute Gasteiger partial charge is 0.334 e. The lowest BCUT2D eigenvalue weighted by Crippen LogP contribution is -2.29. The van der Waals surface area contributed by atoms with Gasteiger partial charge < -0.3 is 9.88 Å². The lowest BCUT2D eigenvalue weighted by Gasteiger charge is -2.28. The van der Waals surface area contributed by atoms with Crippen LogP contribution in [0.2, 0.25) is 0 Å². The van der Waals surface area contributed by atoms with Crippen LogP contribution < -0.4 is 5.32 Å². The second-order valence-electron chi connectivity index (χ2n) is 7.35. The van der Waals surface area contributed by atoms with Crippen LogP contribution >= 0.6 is 0 Å². The first-order valence-electron chi connectivity index (χ1n) is 7.96. The van der Waals surface area contributed by atoms with Gasteiger partial charge in [0.25, 0.3) is 0 Å². The van der Waals surface area contributed by atoms with Gasteiger partial charge in [-0.05, 0) is 50.0 Å². The van der Waals surface area contributed by atoms with Crippen molar-refractivity contribution >= 4 is 0 Å². The van der Waals surface area contributed by atoms with Crippen LogP contribution in [0.5, 0.6) is 0 Å². The van der Waals surface area contributed by atoms with Crippen LogP contribution in [0.25, 0.3) is 0 Å². The molecule has 1 aliphatic heterocycles. The molecule has 0 radical (unpaired) electrons. The zero-order chi connectivity index (χ0) is 12.9. The lowest BCUT2D eigenvalue weighted by atomic mass is 9.85. The number of nitrogens with one attached hydrogen (secondary N) is 1. The standard InChI is InChI=1S/C16H25N3/c1-16(4-5-17-10-16)15-8-18-11-19(15)9-14-7-12-2-3-13(14)6-12/h8,11-14,17H,2-7,9-10H2,1H3. The first kappa shape index (κ1) is 12.0. The van der Waals surface area contributed by atoms with E-state index < -0.39 is 0 Å². The summed E-state index contributed by atoms with van der Waals surface area (Å²) in [5, 5.41) is 3.51. The van der Waals surface area contributed by atoms with Gasteiger partial charge in [0.05, 0.1) is 6.33 Å². The van der Waals surface area contributed by atoms with Crippen molar-refractivity contribution in [1.29, 1.82) is 0 Å². The van der Waals surface area contributed by atoms with E-state index in [4.69, 9.17) is 0 Å². The molecule has 1 aromatic rings. The maximum absolute atomic E-state index is 4.45. The molecule has 3 fully saturated rings. The smallest absolute Gasteiger partial charge is 0.0948 e. The molecule has 19 heavy (non-hydrogen) atoms. The van der Waals surface area contributed by atoms with Crippen molar-refractivity contribution in [2.45, 2.75) is 51.0 Å². The maximum atomic E-state index is 4.45. The molecule has 2 heterocycles. The highest BCUT2D eigenvalue weighted by atomic mass is 15.1. The fraction of sp³-hybridized carbons (Fsp3) is 0.812. The lowest BCUT2D eigenvalue weighted by molar-refractivity contribution is 0.287. The topological polar surface area (TPSA) is 29.9 Å². The monoisotopic (exact) mass is 259 g/mol. The fourth-order valence-corrected chi connectivity index (χ4v) is 4.86. The van der Waals surface area contributed by atoms with E-state index in [1.165, 1.54) is 44.3 Å². The molecule has 0 aromatic carbocycles. The highest BCUT2D eigenvalue weighted by Gasteiger charge is 2.40. The predicted molar refractivity (Wildman–Crippen MR) is 76.0 cm³/mol. The predicted octanol–water partition coefficient (Wildman–Crippen LogP) is 2.57. The molecule has 3 heteroatoms. The molecule has 2 aliphatic carbocycles. The molecule has 3 aliphatic rings. The van der Waals surface area contributed by atoms with Gasteiger partial charge in [-0.15, -0.1) is 0 Å². The molecule has 1 aromatic heterocycles. The van der Waals surface area contributed by atoms with Crippen LogP contribution in [-0.2, 0) is 12.0 Å². The summed E-state index contributed by atoms with van der Waals surface area (Å²) in [5.74, 6) is 2.98. The summed E-state index contributed by atoms with van der Waals surface area (Å²) in [6.45, 7) is 5.86. The van der Waals surface area contributed by atoms with Crippen LogP contribution in [-0.4, -0.2) is 22.6 Å². The van der Waals surface area contributed by atoms with E-state index in [-0.39, 0.29) is 0 Å². The van der Waals surface area contributed by atoms with Crippen LogP contribution in [0.15, 0.2) is 12.5 Å². The van der Waals surface area contributed by atoms with Gasteiger partial charge in [0, 0.05) is 30.4 Å². The summed E-state index contributed by atoms with van der Waals surface area (Å²) in [7, 11) is 0. The Bertz CT molecular complexity index is 458. The van der Waals surface area contributed by atoms with Gasteiger partial charge in [0.1, 0.15) is 0 Å². The van der Waals surface area contributed by atoms with Crippen LogP contribution in [0.1, 0.15) is 44.7 Å². The normalized spacial score (nSPS) is 41.2. The quantitative estimate of drug-likeness (QED) is 0.904. The Kier molecular flexibility index (Phi) is 2.73. The van der Waals surface area contributed by atoms with Crippen LogP contribution in [0.4, 0.5) is 0 Å². The Labute approximate surface area is 115 Å². The van der Waals surface area contributed by atoms with E-state index in [1.54, 1.807) is 0 Å². The molecule has 3 nitrogen and oxygen atoms in total. The van der Waals surface area contributed by atoms with Crippen molar-refractivity contribution < 1.29 is 0 Å². The number of hydrogen-bond acceptors (Lipinski definition) is 2. The van der Waals surface area contributed by atoms with Crippen LogP contribution in [0, 0.1) is 17.8 Å². The third kappa shape index (κ3) is 1.94. The summed E-state index contributed by atoms with van der Waals surface area (Å²) in [4.78, 5) is 4.45. The van der Waals surface area contributed by atoms with E-state index in [0.717, 1.165) is 30.8 Å². The van der Waals surface area contributed by atoms with E-state index in [0.29, 0.717) is 5.41 Å². The number of aromatic nitrogens is 2. The van der Waals surface area contributed by atoms with E-state index in [1.807, 2.05) is 0 Å². The summed E-state index contributed by atoms with van der Waals surface area (Å²) in [6, 6.07) is 0. The highest BCUT2D eigenvalue weighted by molar-refractivity contribution is 5.17. The second-order valence-corrected chi connectivity index (χ2v) is 7.35. The fourth-order valence-electron chi connectivity index (χ4n) is 4.86. The third-order valence-electron chi connectivity index (χ3n) is 6.02. The number of nitrogens with zero attached hydrogens (tertiary/aromatic N) is 2.